The maximum Gasteiger partial charge on any atom is 0.534 e. The molecule has 4 heterocycles. The van der Waals surface area contributed by atoms with Crippen molar-refractivity contribution < 1.29 is 44.7 Å². The Bertz CT molecular complexity index is 2540. The second-order valence-electron chi connectivity index (χ2n) is 13.6. The number of hydrogen-bond donors (Lipinski definition) is 1. The van der Waals surface area contributed by atoms with Crippen LogP contribution in [0, 0.1) is 0 Å². The predicted octanol–water partition coefficient (Wildman–Crippen LogP) is 6.64. The summed E-state index contributed by atoms with van der Waals surface area (Å²) in [5.41, 5.74) is -1.57. The highest BCUT2D eigenvalue weighted by Gasteiger charge is 2.49. The Morgan fingerprint density at radius 1 is 0.623 bits per heavy atom. The molecule has 0 saturated carbocycles. The maximum absolute atomic E-state index is 12.9. The standard InChI is InChI=1S/C22H20F3N3O5S.C21H21N3O3/c23-22(24,25)34(29,30)33-20-14-19(26-21(27-20)28-9-11-31-12-10-28)17-7-4-8-18(13-17)32-15-16-5-2-1-3-6-16;25-20-14-19(22-21(23-20)24-9-11-26-12-10-24)17-7-4-8-18(13-17)27-15-16-5-2-1-3-6-16/h1-8,13-14H,9-12,15H2;1-8,13-14H,9-12,15H2,(H,22,23,25). The molecule has 318 valence electrons. The van der Waals surface area contributed by atoms with E-state index in [4.69, 9.17) is 18.9 Å². The Labute approximate surface area is 349 Å². The van der Waals surface area contributed by atoms with E-state index in [1.54, 1.807) is 29.2 Å². The van der Waals surface area contributed by atoms with Crippen LogP contribution in [0.25, 0.3) is 22.5 Å². The van der Waals surface area contributed by atoms with Gasteiger partial charge in [0, 0.05) is 49.4 Å². The van der Waals surface area contributed by atoms with Gasteiger partial charge in [0.2, 0.25) is 17.8 Å². The predicted molar refractivity (Wildman–Crippen MR) is 221 cm³/mol. The molecule has 2 aliphatic heterocycles. The summed E-state index contributed by atoms with van der Waals surface area (Å²) in [5, 5.41) is 0. The van der Waals surface area contributed by atoms with Crippen LogP contribution in [0.1, 0.15) is 11.1 Å². The zero-order valence-electron chi connectivity index (χ0n) is 32.7. The van der Waals surface area contributed by atoms with Crippen molar-refractivity contribution in [3.8, 4) is 39.9 Å². The number of aromatic amines is 1. The summed E-state index contributed by atoms with van der Waals surface area (Å²) < 4.78 is 88.4. The number of hydrogen-bond acceptors (Lipinski definition) is 13. The lowest BCUT2D eigenvalue weighted by Crippen LogP contribution is -2.38. The van der Waals surface area contributed by atoms with E-state index in [-0.39, 0.29) is 17.2 Å². The maximum atomic E-state index is 12.9. The number of benzene rings is 4. The molecule has 2 aliphatic rings. The van der Waals surface area contributed by atoms with Gasteiger partial charge in [-0.2, -0.15) is 26.6 Å². The number of nitrogens with zero attached hydrogens (tertiary/aromatic N) is 5. The first kappa shape index (κ1) is 42.6. The summed E-state index contributed by atoms with van der Waals surface area (Å²) in [5.74, 6) is 1.12. The average Bonchev–Trinajstić information content (AvgIpc) is 3.28. The number of alkyl halides is 3. The van der Waals surface area contributed by atoms with Crippen LogP contribution in [0.5, 0.6) is 17.4 Å². The number of morpholine rings is 2. The normalized spacial score (nSPS) is 14.4. The summed E-state index contributed by atoms with van der Waals surface area (Å²) in [7, 11) is -5.90. The van der Waals surface area contributed by atoms with Gasteiger partial charge in [-0.3, -0.25) is 9.78 Å². The van der Waals surface area contributed by atoms with E-state index in [0.717, 1.165) is 28.5 Å². The van der Waals surface area contributed by atoms with Crippen LogP contribution in [0.15, 0.2) is 126 Å². The first-order chi connectivity index (χ1) is 29.5. The van der Waals surface area contributed by atoms with Gasteiger partial charge in [0.1, 0.15) is 24.7 Å². The minimum absolute atomic E-state index is 0.0313. The van der Waals surface area contributed by atoms with E-state index in [9.17, 15) is 26.4 Å². The number of nitrogens with one attached hydrogen (secondary N) is 1. The molecule has 0 bridgehead atoms. The fourth-order valence-corrected chi connectivity index (χ4v) is 6.56. The fourth-order valence-electron chi connectivity index (χ4n) is 6.16. The first-order valence-corrected chi connectivity index (χ1v) is 20.6. The summed E-state index contributed by atoms with van der Waals surface area (Å²) in [4.78, 5) is 31.6. The van der Waals surface area contributed by atoms with Crippen molar-refractivity contribution in [1.29, 1.82) is 0 Å². The van der Waals surface area contributed by atoms with Crippen molar-refractivity contribution in [2.24, 2.45) is 0 Å². The smallest absolute Gasteiger partial charge is 0.489 e. The van der Waals surface area contributed by atoms with Crippen molar-refractivity contribution >= 4 is 22.0 Å². The summed E-state index contributed by atoms with van der Waals surface area (Å²) in [6.07, 6.45) is 0. The number of aromatic nitrogens is 4. The van der Waals surface area contributed by atoms with Gasteiger partial charge in [-0.05, 0) is 35.4 Å². The molecule has 0 amide bonds. The number of rotatable bonds is 12. The van der Waals surface area contributed by atoms with Crippen LogP contribution >= 0.6 is 0 Å². The van der Waals surface area contributed by atoms with Crippen molar-refractivity contribution in [1.82, 2.24) is 19.9 Å². The number of halogens is 3. The third-order valence-corrected chi connectivity index (χ3v) is 10.2. The minimum atomic E-state index is -5.90. The van der Waals surface area contributed by atoms with Crippen LogP contribution in [0.4, 0.5) is 25.1 Å². The second-order valence-corrected chi connectivity index (χ2v) is 15.2. The zero-order valence-corrected chi connectivity index (χ0v) is 33.5. The molecule has 0 atom stereocenters. The third kappa shape index (κ3) is 11.8. The molecule has 0 unspecified atom stereocenters. The Morgan fingerprint density at radius 3 is 1.66 bits per heavy atom. The van der Waals surface area contributed by atoms with Gasteiger partial charge < -0.3 is 32.9 Å². The molecule has 61 heavy (non-hydrogen) atoms. The summed E-state index contributed by atoms with van der Waals surface area (Å²) >= 11 is 0. The fraction of sp³-hybridized carbons (Fsp3) is 0.256. The van der Waals surface area contributed by atoms with Crippen LogP contribution in [-0.2, 0) is 32.8 Å². The molecule has 6 aromatic rings. The average molecular weight is 859 g/mol. The molecule has 18 heteroatoms. The van der Waals surface area contributed by atoms with Crippen LogP contribution in [0.2, 0.25) is 0 Å². The molecule has 0 radical (unpaired) electrons. The molecule has 1 N–H and O–H groups in total. The van der Waals surface area contributed by atoms with Crippen LogP contribution in [-0.4, -0.2) is 86.5 Å². The van der Waals surface area contributed by atoms with Gasteiger partial charge in [-0.1, -0.05) is 84.9 Å². The molecular formula is C43H41F3N6O8S. The molecule has 2 aromatic heterocycles. The quantitative estimate of drug-likeness (QED) is 0.103. The molecule has 2 saturated heterocycles. The SMILES string of the molecule is O=S(=O)(Oc1cc(-c2cccc(OCc3ccccc3)c2)nc(N2CCOCC2)n1)C(F)(F)F.O=c1cc(-c2cccc(OCc3ccccc3)c2)nc(N2CCOCC2)[nH]1. The zero-order chi connectivity index (χ0) is 42.7. The summed E-state index contributed by atoms with van der Waals surface area (Å²) in [6, 6.07) is 36.4. The lowest BCUT2D eigenvalue weighted by molar-refractivity contribution is -0.0501. The Kier molecular flexibility index (Phi) is 13.8. The van der Waals surface area contributed by atoms with Crippen molar-refractivity contribution in [3.63, 3.8) is 0 Å². The highest BCUT2D eigenvalue weighted by atomic mass is 32.2. The van der Waals surface area contributed by atoms with Gasteiger partial charge in [-0.25, -0.2) is 9.97 Å². The Hall–Kier alpha value is -6.50. The van der Waals surface area contributed by atoms with Gasteiger partial charge in [0.25, 0.3) is 5.56 Å². The monoisotopic (exact) mass is 858 g/mol. The number of anilines is 2. The lowest BCUT2D eigenvalue weighted by Gasteiger charge is -2.27. The van der Waals surface area contributed by atoms with Gasteiger partial charge in [0.15, 0.2) is 0 Å². The number of H-pyrrole nitrogens is 1. The van der Waals surface area contributed by atoms with E-state index < -0.39 is 21.5 Å². The molecule has 2 fully saturated rings. The highest BCUT2D eigenvalue weighted by Crippen LogP contribution is 2.31. The van der Waals surface area contributed by atoms with Gasteiger partial charge >= 0.3 is 15.6 Å². The van der Waals surface area contributed by atoms with E-state index in [2.05, 4.69) is 24.1 Å². The van der Waals surface area contributed by atoms with Gasteiger partial charge in [-0.15, -0.1) is 0 Å². The molecule has 14 nitrogen and oxygen atoms in total. The van der Waals surface area contributed by atoms with Crippen molar-refractivity contribution in [2.75, 3.05) is 62.4 Å². The lowest BCUT2D eigenvalue weighted by atomic mass is 10.1. The van der Waals surface area contributed by atoms with E-state index >= 15 is 0 Å². The molecule has 8 rings (SSSR count). The van der Waals surface area contributed by atoms with Gasteiger partial charge in [0.05, 0.1) is 37.8 Å². The molecule has 0 aliphatic carbocycles. The van der Waals surface area contributed by atoms with E-state index in [1.807, 2.05) is 89.8 Å². The van der Waals surface area contributed by atoms with E-state index in [1.165, 1.54) is 6.07 Å². The second kappa shape index (κ2) is 19.7. The Balaban J connectivity index is 0.000000189. The first-order valence-electron chi connectivity index (χ1n) is 19.2. The van der Waals surface area contributed by atoms with Crippen molar-refractivity contribution in [3.05, 3.63) is 143 Å². The van der Waals surface area contributed by atoms with Crippen molar-refractivity contribution in [2.45, 2.75) is 18.7 Å². The third-order valence-electron chi connectivity index (χ3n) is 9.26. The summed E-state index contributed by atoms with van der Waals surface area (Å²) in [6.45, 7) is 5.01. The minimum Gasteiger partial charge on any atom is -0.489 e. The van der Waals surface area contributed by atoms with E-state index in [0.29, 0.717) is 88.8 Å². The number of ether oxygens (including phenoxy) is 4. The van der Waals surface area contributed by atoms with Crippen LogP contribution < -0.4 is 29.0 Å². The molecule has 4 aromatic carbocycles. The highest BCUT2D eigenvalue weighted by molar-refractivity contribution is 7.87. The topological polar surface area (TPSA) is 158 Å². The molecular weight excluding hydrogens is 818 g/mol. The van der Waals surface area contributed by atoms with Crippen LogP contribution in [0.3, 0.4) is 0 Å². The Morgan fingerprint density at radius 2 is 1.13 bits per heavy atom. The molecule has 0 spiro atoms. The largest absolute Gasteiger partial charge is 0.534 e.